The van der Waals surface area contributed by atoms with Gasteiger partial charge in [-0.15, -0.1) is 0 Å². The number of hydrogen-bond acceptors (Lipinski definition) is 16. The Morgan fingerprint density at radius 1 is 0.684 bits per heavy atom. The lowest BCUT2D eigenvalue weighted by atomic mass is 9.97. The fourth-order valence-corrected chi connectivity index (χ4v) is 9.55. The number of fused-ring (bicyclic) bond motifs is 2. The minimum Gasteiger partial charge on any atom is -0.508 e. The molecule has 3 saturated heterocycles. The number of benzene rings is 1. The maximum Gasteiger partial charge on any atom is 0.248 e. The number of aromatic hydroxyl groups is 1. The zero-order valence-electron chi connectivity index (χ0n) is 44.1. The number of allylic oxidation sites excluding steroid dienone is 4. The molecule has 76 heavy (non-hydrogen) atoms. The number of amides is 7. The van der Waals surface area contributed by atoms with Gasteiger partial charge in [0.1, 0.15) is 54.2 Å². The number of aliphatic hydroxyl groups excluding tert-OH is 8. The van der Waals surface area contributed by atoms with Crippen LogP contribution in [0.4, 0.5) is 0 Å². The van der Waals surface area contributed by atoms with Gasteiger partial charge < -0.3 is 82.3 Å². The summed E-state index contributed by atoms with van der Waals surface area (Å²) in [4.78, 5) is 100. The number of rotatable bonds is 21. The topological polar surface area (TPSA) is 368 Å². The number of aliphatic hydroxyl groups is 8. The molecule has 0 radical (unpaired) electrons. The highest BCUT2D eigenvalue weighted by molar-refractivity contribution is 5.98. The molecule has 23 heteroatoms. The molecule has 15 unspecified atom stereocenters. The van der Waals surface area contributed by atoms with E-state index in [0.717, 1.165) is 62.2 Å². The van der Waals surface area contributed by atoms with E-state index < -0.39 is 152 Å². The summed E-state index contributed by atoms with van der Waals surface area (Å²) in [7, 11) is 0. The second-order valence-electron chi connectivity index (χ2n) is 20.5. The van der Waals surface area contributed by atoms with Crippen molar-refractivity contribution >= 4 is 41.4 Å². The fourth-order valence-electron chi connectivity index (χ4n) is 9.55. The Bertz CT molecular complexity index is 2130. The molecule has 3 aliphatic heterocycles. The average molecular weight is 1070 g/mol. The summed E-state index contributed by atoms with van der Waals surface area (Å²) >= 11 is 0. The SMILES string of the molecule is CCCCCC=CCC=CCCCCCCCC(=O)NC1CC(O)C(O)NC(=O)C2C(O)C(C)CN2C(=O)C(C(C)O)NC(=O)C(C(O)C(O)Cc2ccc(O)cc2)NC(=O)C2CC(O)CN2C(=O)C(C(C)O)NC1=O. The van der Waals surface area contributed by atoms with Crippen molar-refractivity contribution in [3.05, 3.63) is 54.1 Å². The fraction of sp³-hybridized carbons (Fsp3) is 0.679. The molecule has 0 bridgehead atoms. The van der Waals surface area contributed by atoms with E-state index in [1.54, 1.807) is 0 Å². The van der Waals surface area contributed by atoms with Gasteiger partial charge in [-0.2, -0.15) is 0 Å². The van der Waals surface area contributed by atoms with Gasteiger partial charge in [0.05, 0.1) is 30.5 Å². The van der Waals surface area contributed by atoms with E-state index in [1.807, 2.05) is 0 Å². The van der Waals surface area contributed by atoms with Gasteiger partial charge in [0, 0.05) is 44.7 Å². The van der Waals surface area contributed by atoms with Crippen molar-refractivity contribution in [1.82, 2.24) is 36.4 Å². The van der Waals surface area contributed by atoms with Crippen molar-refractivity contribution in [1.29, 1.82) is 0 Å². The molecule has 3 heterocycles. The maximum atomic E-state index is 14.3. The zero-order valence-corrected chi connectivity index (χ0v) is 44.1. The summed E-state index contributed by atoms with van der Waals surface area (Å²) in [6.45, 7) is 5.00. The van der Waals surface area contributed by atoms with Crippen molar-refractivity contribution in [3.63, 3.8) is 0 Å². The lowest BCUT2D eigenvalue weighted by Crippen LogP contribution is -2.65. The minimum absolute atomic E-state index is 0.0686. The van der Waals surface area contributed by atoms with Crippen molar-refractivity contribution < 1.29 is 79.5 Å². The first-order valence-corrected chi connectivity index (χ1v) is 26.7. The van der Waals surface area contributed by atoms with Gasteiger partial charge in [-0.25, -0.2) is 0 Å². The monoisotopic (exact) mass is 1070 g/mol. The lowest BCUT2D eigenvalue weighted by Gasteiger charge is -2.34. The first-order valence-electron chi connectivity index (χ1n) is 26.7. The molecule has 4 rings (SSSR count). The molecule has 1 aromatic carbocycles. The molecule has 3 aliphatic rings. The highest BCUT2D eigenvalue weighted by Gasteiger charge is 2.50. The summed E-state index contributed by atoms with van der Waals surface area (Å²) in [5, 5.41) is 111. The summed E-state index contributed by atoms with van der Waals surface area (Å²) < 4.78 is 0. The third-order valence-electron chi connectivity index (χ3n) is 14.1. The molecule has 23 nitrogen and oxygen atoms in total. The largest absolute Gasteiger partial charge is 0.508 e. The quantitative estimate of drug-likeness (QED) is 0.0494. The van der Waals surface area contributed by atoms with E-state index in [9.17, 15) is 79.5 Å². The molecule has 0 spiro atoms. The number of nitrogens with one attached hydrogen (secondary N) is 5. The van der Waals surface area contributed by atoms with Crippen molar-refractivity contribution in [2.45, 2.75) is 209 Å². The third-order valence-corrected chi connectivity index (χ3v) is 14.1. The first kappa shape index (κ1) is 63.0. The van der Waals surface area contributed by atoms with Crippen LogP contribution in [-0.4, -0.2) is 195 Å². The molecule has 426 valence electrons. The van der Waals surface area contributed by atoms with Gasteiger partial charge >= 0.3 is 0 Å². The second-order valence-corrected chi connectivity index (χ2v) is 20.5. The van der Waals surface area contributed by atoms with Crippen LogP contribution in [0.3, 0.4) is 0 Å². The van der Waals surface area contributed by atoms with E-state index in [-0.39, 0.29) is 25.1 Å². The molecule has 0 saturated carbocycles. The van der Waals surface area contributed by atoms with E-state index in [0.29, 0.717) is 18.4 Å². The maximum absolute atomic E-state index is 14.3. The Kier molecular flexibility index (Phi) is 25.7. The molecule has 1 aromatic rings. The summed E-state index contributed by atoms with van der Waals surface area (Å²) in [5.41, 5.74) is 0.361. The van der Waals surface area contributed by atoms with Crippen LogP contribution in [0.15, 0.2) is 48.6 Å². The predicted molar refractivity (Wildman–Crippen MR) is 276 cm³/mol. The van der Waals surface area contributed by atoms with Crippen LogP contribution in [0.2, 0.25) is 0 Å². The van der Waals surface area contributed by atoms with Crippen molar-refractivity contribution in [2.24, 2.45) is 5.92 Å². The Labute approximate surface area is 444 Å². The third kappa shape index (κ3) is 18.6. The Hall–Kier alpha value is -5.53. The van der Waals surface area contributed by atoms with Crippen LogP contribution < -0.4 is 26.6 Å². The Morgan fingerprint density at radius 3 is 1.87 bits per heavy atom. The van der Waals surface area contributed by atoms with Crippen LogP contribution in [0, 0.1) is 5.92 Å². The normalized spacial score (nSPS) is 29.2. The van der Waals surface area contributed by atoms with E-state index >= 15 is 0 Å². The molecule has 0 aliphatic carbocycles. The van der Waals surface area contributed by atoms with Crippen LogP contribution in [0.5, 0.6) is 5.75 Å². The molecular formula is C53H83N7O16. The second kappa shape index (κ2) is 31.0. The average Bonchev–Trinajstić information content (AvgIpc) is 3.92. The van der Waals surface area contributed by atoms with Crippen LogP contribution >= 0.6 is 0 Å². The van der Waals surface area contributed by atoms with Gasteiger partial charge in [-0.1, -0.05) is 82.4 Å². The smallest absolute Gasteiger partial charge is 0.248 e. The van der Waals surface area contributed by atoms with Gasteiger partial charge in [0.25, 0.3) is 0 Å². The number of nitrogens with zero attached hydrogens (tertiary/aromatic N) is 2. The predicted octanol–water partition coefficient (Wildman–Crippen LogP) is -1.46. The van der Waals surface area contributed by atoms with Crippen LogP contribution in [0.25, 0.3) is 0 Å². The Morgan fingerprint density at radius 2 is 1.25 bits per heavy atom. The summed E-state index contributed by atoms with van der Waals surface area (Å²) in [6, 6.07) is -5.84. The summed E-state index contributed by atoms with van der Waals surface area (Å²) in [6.07, 6.45) is 2.40. The number of carbonyl (C=O) groups excluding carboxylic acids is 7. The van der Waals surface area contributed by atoms with E-state index in [4.69, 9.17) is 0 Å². The molecule has 15 atom stereocenters. The molecule has 3 fully saturated rings. The molecular weight excluding hydrogens is 991 g/mol. The van der Waals surface area contributed by atoms with Crippen LogP contribution in [-0.2, 0) is 40.0 Å². The van der Waals surface area contributed by atoms with E-state index in [2.05, 4.69) is 57.8 Å². The van der Waals surface area contributed by atoms with Crippen LogP contribution in [0.1, 0.15) is 123 Å². The highest BCUT2D eigenvalue weighted by atomic mass is 16.3. The molecule has 14 N–H and O–H groups in total. The number of unbranched alkanes of at least 4 members (excludes halogenated alkanes) is 8. The molecule has 0 aromatic heterocycles. The van der Waals surface area contributed by atoms with Crippen molar-refractivity contribution in [2.75, 3.05) is 13.1 Å². The lowest BCUT2D eigenvalue weighted by molar-refractivity contribution is -0.148. The number of phenols is 1. The number of phenolic OH excluding ortho intramolecular Hbond substituents is 1. The van der Waals surface area contributed by atoms with Crippen molar-refractivity contribution in [3.8, 4) is 5.75 Å². The standard InChI is InChI=1S/C53H83N7O16/c1-5-6-7-8-9-10-11-12-13-14-15-16-17-18-19-20-40(67)54-36-27-39(66)49(72)58-51(74)44-45(68)30(2)28-60(44)53(76)42(32(4)62)56-50(73)43(46(69)38(65)25-33-21-23-34(63)24-22-33)57-48(71)37-26-35(64)29-59(37)52(75)41(31(3)61)55-47(36)70/h9-10,12-13,21-24,30-32,35-39,41-46,49,61-66,68-69,72H,5-8,11,14-20,25-29H2,1-4H3,(H,54,67)(H,55,70)(H,56,73)(H,57,71)(H,58,74). The summed E-state index contributed by atoms with van der Waals surface area (Å²) in [5.74, 6) is -8.79. The first-order chi connectivity index (χ1) is 36.0. The van der Waals surface area contributed by atoms with Gasteiger partial charge in [0.15, 0.2) is 6.23 Å². The Balaban J connectivity index is 1.62. The highest BCUT2D eigenvalue weighted by Crippen LogP contribution is 2.27. The number of carbonyl (C=O) groups is 7. The molecule has 7 amide bonds. The van der Waals surface area contributed by atoms with Gasteiger partial charge in [-0.3, -0.25) is 33.6 Å². The number of hydrogen-bond donors (Lipinski definition) is 14. The van der Waals surface area contributed by atoms with E-state index in [1.165, 1.54) is 50.5 Å². The zero-order chi connectivity index (χ0) is 56.2. The van der Waals surface area contributed by atoms with Gasteiger partial charge in [0.2, 0.25) is 41.4 Å². The van der Waals surface area contributed by atoms with Gasteiger partial charge in [-0.05, 0) is 70.1 Å². The minimum atomic E-state index is -2.23.